The van der Waals surface area contributed by atoms with Crippen molar-refractivity contribution in [1.29, 1.82) is 0 Å². The molecular weight excluding hydrogens is 326 g/mol. The van der Waals surface area contributed by atoms with Gasteiger partial charge in [0.15, 0.2) is 11.6 Å². The van der Waals surface area contributed by atoms with E-state index in [2.05, 4.69) is 26.7 Å². The molecule has 0 N–H and O–H groups in total. The van der Waals surface area contributed by atoms with Crippen molar-refractivity contribution in [2.75, 3.05) is 6.54 Å². The molecule has 3 heterocycles. The number of amides is 1. The number of aryl methyl sites for hydroxylation is 1. The van der Waals surface area contributed by atoms with Crippen molar-refractivity contribution in [2.24, 2.45) is 0 Å². The molecule has 1 aromatic carbocycles. The number of aromatic nitrogens is 4. The number of carbonyl (C=O) groups excluding carboxylic acids is 1. The molecule has 132 valence electrons. The van der Waals surface area contributed by atoms with Crippen LogP contribution in [0.25, 0.3) is 11.4 Å². The Bertz CT molecular complexity index is 891. The molecule has 0 aliphatic carbocycles. The Morgan fingerprint density at radius 1 is 1.12 bits per heavy atom. The van der Waals surface area contributed by atoms with Crippen LogP contribution in [0.15, 0.2) is 54.7 Å². The second-order valence-electron chi connectivity index (χ2n) is 6.62. The average molecular weight is 347 g/mol. The predicted molar refractivity (Wildman–Crippen MR) is 98.1 cm³/mol. The summed E-state index contributed by atoms with van der Waals surface area (Å²) in [6.45, 7) is 3.29. The summed E-state index contributed by atoms with van der Waals surface area (Å²) in [5.74, 6) is 1.85. The molecule has 0 saturated carbocycles. The number of pyridine rings is 1. The minimum Gasteiger partial charge on any atom is -0.333 e. The third-order valence-corrected chi connectivity index (χ3v) is 4.73. The summed E-state index contributed by atoms with van der Waals surface area (Å²) in [6, 6.07) is 16.0. The molecule has 1 aliphatic rings. The Balaban J connectivity index is 1.48. The van der Waals surface area contributed by atoms with Crippen molar-refractivity contribution in [1.82, 2.24) is 24.6 Å². The van der Waals surface area contributed by atoms with Crippen LogP contribution in [0.1, 0.15) is 30.9 Å². The van der Waals surface area contributed by atoms with E-state index in [4.69, 9.17) is 0 Å². The van der Waals surface area contributed by atoms with Gasteiger partial charge >= 0.3 is 0 Å². The fraction of sp³-hybridized carbons (Fsp3) is 0.300. The van der Waals surface area contributed by atoms with Crippen LogP contribution in [0.2, 0.25) is 0 Å². The van der Waals surface area contributed by atoms with E-state index in [1.165, 1.54) is 0 Å². The molecular formula is C20H21N5O. The first-order valence-corrected chi connectivity index (χ1v) is 8.89. The van der Waals surface area contributed by atoms with Gasteiger partial charge < -0.3 is 9.47 Å². The largest absolute Gasteiger partial charge is 0.333 e. The predicted octanol–water partition coefficient (Wildman–Crippen LogP) is 2.88. The van der Waals surface area contributed by atoms with Gasteiger partial charge in [-0.15, -0.1) is 10.2 Å². The molecule has 3 aromatic rings. The number of carbonyl (C=O) groups is 1. The highest BCUT2D eigenvalue weighted by molar-refractivity contribution is 5.76. The molecule has 6 nitrogen and oxygen atoms in total. The van der Waals surface area contributed by atoms with Gasteiger partial charge in [-0.1, -0.05) is 36.4 Å². The number of hydrogen-bond acceptors (Lipinski definition) is 4. The topological polar surface area (TPSA) is 63.9 Å². The summed E-state index contributed by atoms with van der Waals surface area (Å²) in [4.78, 5) is 18.8. The van der Waals surface area contributed by atoms with Crippen molar-refractivity contribution in [3.8, 4) is 11.4 Å². The minimum atomic E-state index is 0.137. The molecule has 0 unspecified atom stereocenters. The fourth-order valence-electron chi connectivity index (χ4n) is 3.44. The lowest BCUT2D eigenvalue weighted by atomic mass is 10.1. The van der Waals surface area contributed by atoms with Crippen molar-refractivity contribution in [2.45, 2.75) is 32.4 Å². The van der Waals surface area contributed by atoms with E-state index < -0.39 is 0 Å². The second-order valence-corrected chi connectivity index (χ2v) is 6.62. The Hall–Kier alpha value is -3.02. The standard InChI is InChI=1S/C20H21N5O/c1-15-13-24(19(26)11-10-17-9-5-6-12-21-17)14-18-22-23-20(25(15)18)16-7-3-2-4-8-16/h2-9,12,15H,10-11,13-14H2,1H3/t15-/m0/s1. The lowest BCUT2D eigenvalue weighted by Crippen LogP contribution is -2.40. The SMILES string of the molecule is C[C@H]1CN(C(=O)CCc2ccccn2)Cc2nnc(-c3ccccc3)n21. The summed E-state index contributed by atoms with van der Waals surface area (Å²) in [5, 5.41) is 8.71. The highest BCUT2D eigenvalue weighted by Gasteiger charge is 2.29. The van der Waals surface area contributed by atoms with Gasteiger partial charge in [0.2, 0.25) is 5.91 Å². The number of nitrogens with zero attached hydrogens (tertiary/aromatic N) is 5. The van der Waals surface area contributed by atoms with Gasteiger partial charge in [0.1, 0.15) is 0 Å². The Labute approximate surface area is 152 Å². The van der Waals surface area contributed by atoms with Crippen molar-refractivity contribution < 1.29 is 4.79 Å². The molecule has 0 spiro atoms. The molecule has 0 bridgehead atoms. The minimum absolute atomic E-state index is 0.137. The molecule has 4 rings (SSSR count). The smallest absolute Gasteiger partial charge is 0.223 e. The summed E-state index contributed by atoms with van der Waals surface area (Å²) < 4.78 is 2.15. The lowest BCUT2D eigenvalue weighted by Gasteiger charge is -2.32. The zero-order valence-corrected chi connectivity index (χ0v) is 14.7. The summed E-state index contributed by atoms with van der Waals surface area (Å²) in [5.41, 5.74) is 1.99. The molecule has 2 aromatic heterocycles. The highest BCUT2D eigenvalue weighted by Crippen LogP contribution is 2.27. The zero-order chi connectivity index (χ0) is 17.9. The van der Waals surface area contributed by atoms with E-state index in [1.54, 1.807) is 6.20 Å². The van der Waals surface area contributed by atoms with Gasteiger partial charge in [-0.2, -0.15) is 0 Å². The number of rotatable bonds is 4. The van der Waals surface area contributed by atoms with E-state index in [1.807, 2.05) is 53.4 Å². The van der Waals surface area contributed by atoms with E-state index in [0.717, 1.165) is 22.9 Å². The highest BCUT2D eigenvalue weighted by atomic mass is 16.2. The van der Waals surface area contributed by atoms with Crippen LogP contribution < -0.4 is 0 Å². The first-order chi connectivity index (χ1) is 12.7. The maximum absolute atomic E-state index is 12.6. The summed E-state index contributed by atoms with van der Waals surface area (Å²) >= 11 is 0. The van der Waals surface area contributed by atoms with E-state index in [0.29, 0.717) is 25.9 Å². The summed E-state index contributed by atoms with van der Waals surface area (Å²) in [7, 11) is 0. The van der Waals surface area contributed by atoms with Gasteiger partial charge in [0, 0.05) is 30.4 Å². The number of hydrogen-bond donors (Lipinski definition) is 0. The average Bonchev–Trinajstić information content (AvgIpc) is 3.12. The number of benzene rings is 1. The molecule has 0 fully saturated rings. The Morgan fingerprint density at radius 3 is 2.69 bits per heavy atom. The van der Waals surface area contributed by atoms with Gasteiger partial charge in [-0.3, -0.25) is 9.78 Å². The molecule has 1 atom stereocenters. The van der Waals surface area contributed by atoms with E-state index >= 15 is 0 Å². The first kappa shape index (κ1) is 16.4. The van der Waals surface area contributed by atoms with Crippen molar-refractivity contribution in [3.05, 3.63) is 66.2 Å². The Kier molecular flexibility index (Phi) is 4.48. The van der Waals surface area contributed by atoms with Crippen LogP contribution in [0.3, 0.4) is 0 Å². The van der Waals surface area contributed by atoms with Gasteiger partial charge in [0.25, 0.3) is 0 Å². The normalized spacial score (nSPS) is 16.3. The molecule has 0 saturated heterocycles. The second kappa shape index (κ2) is 7.07. The van der Waals surface area contributed by atoms with Crippen LogP contribution in [0.5, 0.6) is 0 Å². The van der Waals surface area contributed by atoms with Gasteiger partial charge in [-0.05, 0) is 25.5 Å². The van der Waals surface area contributed by atoms with Crippen LogP contribution in [-0.4, -0.2) is 37.1 Å². The first-order valence-electron chi connectivity index (χ1n) is 8.89. The molecule has 1 aliphatic heterocycles. The Morgan fingerprint density at radius 2 is 1.92 bits per heavy atom. The maximum Gasteiger partial charge on any atom is 0.223 e. The molecule has 0 radical (unpaired) electrons. The third kappa shape index (κ3) is 3.22. The molecule has 1 amide bonds. The van der Waals surface area contributed by atoms with Crippen LogP contribution >= 0.6 is 0 Å². The van der Waals surface area contributed by atoms with Crippen molar-refractivity contribution in [3.63, 3.8) is 0 Å². The zero-order valence-electron chi connectivity index (χ0n) is 14.7. The monoisotopic (exact) mass is 347 g/mol. The maximum atomic E-state index is 12.6. The number of fused-ring (bicyclic) bond motifs is 1. The van der Waals surface area contributed by atoms with Gasteiger partial charge in [-0.25, -0.2) is 0 Å². The van der Waals surface area contributed by atoms with Crippen molar-refractivity contribution >= 4 is 5.91 Å². The van der Waals surface area contributed by atoms with Crippen LogP contribution in [-0.2, 0) is 17.8 Å². The molecule has 26 heavy (non-hydrogen) atoms. The fourth-order valence-corrected chi connectivity index (χ4v) is 3.44. The summed E-state index contributed by atoms with van der Waals surface area (Å²) in [6.07, 6.45) is 2.88. The van der Waals surface area contributed by atoms with Crippen LogP contribution in [0, 0.1) is 0 Å². The van der Waals surface area contributed by atoms with Crippen LogP contribution in [0.4, 0.5) is 0 Å². The molecule has 6 heteroatoms. The van der Waals surface area contributed by atoms with Gasteiger partial charge in [0.05, 0.1) is 12.6 Å². The third-order valence-electron chi connectivity index (χ3n) is 4.73. The quantitative estimate of drug-likeness (QED) is 0.728. The lowest BCUT2D eigenvalue weighted by molar-refractivity contribution is -0.133. The van der Waals surface area contributed by atoms with E-state index in [-0.39, 0.29) is 11.9 Å². The van der Waals surface area contributed by atoms with E-state index in [9.17, 15) is 4.79 Å².